The van der Waals surface area contributed by atoms with E-state index in [0.29, 0.717) is 16.1 Å². The van der Waals surface area contributed by atoms with Crippen molar-refractivity contribution in [3.05, 3.63) is 94.3 Å². The molecule has 0 heterocycles. The standard InChI is InChI=1S/C31H35ClFN3O4S/c1-21-11-17-27(18-12-21)41(39,40)36(29-10-6-9-28(32)22(29)2)20-30(37)35(19-24-13-15-25(33)16-14-24)23(3)31(38)34-26-7-4-5-8-26/h6,9-18,23,26H,4-5,7-8,19-20H2,1-3H3,(H,34,38). The number of carbonyl (C=O) groups excluding carboxylic acids is 2. The zero-order chi connectivity index (χ0) is 29.7. The third-order valence-corrected chi connectivity index (χ3v) is 9.71. The predicted molar refractivity (Wildman–Crippen MR) is 159 cm³/mol. The minimum Gasteiger partial charge on any atom is -0.352 e. The fourth-order valence-electron chi connectivity index (χ4n) is 4.98. The first-order valence-corrected chi connectivity index (χ1v) is 15.5. The van der Waals surface area contributed by atoms with Crippen LogP contribution >= 0.6 is 11.6 Å². The zero-order valence-electron chi connectivity index (χ0n) is 23.4. The van der Waals surface area contributed by atoms with Crippen LogP contribution in [0.25, 0.3) is 0 Å². The Morgan fingerprint density at radius 1 is 1.00 bits per heavy atom. The van der Waals surface area contributed by atoms with Gasteiger partial charge >= 0.3 is 0 Å². The Balaban J connectivity index is 1.71. The summed E-state index contributed by atoms with van der Waals surface area (Å²) >= 11 is 6.37. The molecule has 7 nitrogen and oxygen atoms in total. The van der Waals surface area contributed by atoms with Gasteiger partial charge in [0.1, 0.15) is 18.4 Å². The van der Waals surface area contributed by atoms with Gasteiger partial charge in [0.15, 0.2) is 0 Å². The third kappa shape index (κ3) is 7.26. The Labute approximate surface area is 246 Å². The largest absolute Gasteiger partial charge is 0.352 e. The second-order valence-electron chi connectivity index (χ2n) is 10.5. The molecule has 1 aliphatic rings. The first-order valence-electron chi connectivity index (χ1n) is 13.7. The van der Waals surface area contributed by atoms with Gasteiger partial charge in [-0.15, -0.1) is 0 Å². The van der Waals surface area contributed by atoms with Crippen molar-refractivity contribution in [1.82, 2.24) is 10.2 Å². The average molecular weight is 600 g/mol. The van der Waals surface area contributed by atoms with Crippen LogP contribution in [0.4, 0.5) is 10.1 Å². The van der Waals surface area contributed by atoms with Crippen molar-refractivity contribution in [1.29, 1.82) is 0 Å². The molecule has 0 aliphatic heterocycles. The van der Waals surface area contributed by atoms with Gasteiger partial charge in [0, 0.05) is 17.6 Å². The summed E-state index contributed by atoms with van der Waals surface area (Å²) in [5, 5.41) is 3.38. The van der Waals surface area contributed by atoms with Crippen molar-refractivity contribution in [2.45, 2.75) is 70.0 Å². The Kier molecular flexibility index (Phi) is 9.71. The normalized spacial score (nSPS) is 14.5. The second-order valence-corrected chi connectivity index (χ2v) is 12.8. The highest BCUT2D eigenvalue weighted by Gasteiger charge is 2.34. The van der Waals surface area contributed by atoms with Crippen LogP contribution in [-0.4, -0.2) is 43.8 Å². The van der Waals surface area contributed by atoms with Gasteiger partial charge in [0.25, 0.3) is 10.0 Å². The van der Waals surface area contributed by atoms with Crippen LogP contribution in [0.15, 0.2) is 71.6 Å². The molecule has 4 rings (SSSR count). The summed E-state index contributed by atoms with van der Waals surface area (Å²) < 4.78 is 42.6. The van der Waals surface area contributed by atoms with Gasteiger partial charge in [0.2, 0.25) is 11.8 Å². The maximum atomic E-state index is 14.0. The molecule has 41 heavy (non-hydrogen) atoms. The summed E-state index contributed by atoms with van der Waals surface area (Å²) in [6.45, 7) is 4.58. The molecule has 1 fully saturated rings. The lowest BCUT2D eigenvalue weighted by Gasteiger charge is -2.33. The summed E-state index contributed by atoms with van der Waals surface area (Å²) in [6.07, 6.45) is 3.81. The Morgan fingerprint density at radius 2 is 1.63 bits per heavy atom. The predicted octanol–water partition coefficient (Wildman–Crippen LogP) is 5.77. The Bertz CT molecular complexity index is 1490. The molecule has 0 radical (unpaired) electrons. The van der Waals surface area contributed by atoms with Gasteiger partial charge in [-0.2, -0.15) is 0 Å². The molecule has 1 unspecified atom stereocenters. The van der Waals surface area contributed by atoms with Crippen LogP contribution in [0.2, 0.25) is 5.02 Å². The number of amides is 2. The number of anilines is 1. The van der Waals surface area contributed by atoms with E-state index in [1.165, 1.54) is 29.2 Å². The Hall–Kier alpha value is -3.43. The SMILES string of the molecule is Cc1ccc(S(=O)(=O)N(CC(=O)N(Cc2ccc(F)cc2)C(C)C(=O)NC2CCCC2)c2cccc(Cl)c2C)cc1. The van der Waals surface area contributed by atoms with Crippen molar-refractivity contribution in [2.24, 2.45) is 0 Å². The zero-order valence-corrected chi connectivity index (χ0v) is 25.0. The quantitative estimate of drug-likeness (QED) is 0.321. The van der Waals surface area contributed by atoms with Gasteiger partial charge < -0.3 is 10.2 Å². The lowest BCUT2D eigenvalue weighted by atomic mass is 10.1. The Morgan fingerprint density at radius 3 is 2.27 bits per heavy atom. The number of carbonyl (C=O) groups is 2. The van der Waals surface area contributed by atoms with Crippen molar-refractivity contribution < 1.29 is 22.4 Å². The number of hydrogen-bond acceptors (Lipinski definition) is 4. The highest BCUT2D eigenvalue weighted by molar-refractivity contribution is 7.92. The summed E-state index contributed by atoms with van der Waals surface area (Å²) in [5.41, 5.74) is 2.25. The van der Waals surface area contributed by atoms with E-state index in [1.807, 2.05) is 6.92 Å². The summed E-state index contributed by atoms with van der Waals surface area (Å²) in [5.74, 6) is -1.33. The number of nitrogens with one attached hydrogen (secondary N) is 1. The molecule has 3 aromatic carbocycles. The first kappa shape index (κ1) is 30.5. The number of sulfonamides is 1. The highest BCUT2D eigenvalue weighted by atomic mass is 35.5. The molecule has 1 aliphatic carbocycles. The number of nitrogens with zero attached hydrogens (tertiary/aromatic N) is 2. The highest BCUT2D eigenvalue weighted by Crippen LogP contribution is 2.31. The minimum atomic E-state index is -4.20. The molecule has 218 valence electrons. The smallest absolute Gasteiger partial charge is 0.264 e. The van der Waals surface area contributed by atoms with Crippen molar-refractivity contribution in [2.75, 3.05) is 10.8 Å². The maximum Gasteiger partial charge on any atom is 0.264 e. The maximum absolute atomic E-state index is 14.0. The number of rotatable bonds is 10. The molecule has 0 bridgehead atoms. The molecule has 2 amide bonds. The third-order valence-electron chi connectivity index (χ3n) is 7.53. The number of benzene rings is 3. The van der Waals surface area contributed by atoms with Gasteiger partial charge in [-0.1, -0.05) is 60.3 Å². The van der Waals surface area contributed by atoms with Crippen molar-refractivity contribution >= 4 is 39.1 Å². The van der Waals surface area contributed by atoms with Gasteiger partial charge in [0.05, 0.1) is 10.6 Å². The number of aryl methyl sites for hydroxylation is 1. The molecule has 0 spiro atoms. The van der Waals surface area contributed by atoms with Crippen molar-refractivity contribution in [3.63, 3.8) is 0 Å². The molecule has 1 N–H and O–H groups in total. The average Bonchev–Trinajstić information content (AvgIpc) is 3.46. The van der Waals surface area contributed by atoms with Crippen molar-refractivity contribution in [3.8, 4) is 0 Å². The second kappa shape index (κ2) is 13.0. The van der Waals surface area contributed by atoms with E-state index in [9.17, 15) is 22.4 Å². The van der Waals surface area contributed by atoms with Gasteiger partial charge in [-0.3, -0.25) is 13.9 Å². The van der Waals surface area contributed by atoms with Gasteiger partial charge in [-0.25, -0.2) is 12.8 Å². The van der Waals surface area contributed by atoms with E-state index in [0.717, 1.165) is 35.6 Å². The van der Waals surface area contributed by atoms with Gasteiger partial charge in [-0.05, 0) is 81.1 Å². The molecular weight excluding hydrogens is 565 g/mol. The fraction of sp³-hybridized carbons (Fsp3) is 0.355. The lowest BCUT2D eigenvalue weighted by molar-refractivity contribution is -0.139. The first-order chi connectivity index (χ1) is 19.5. The number of hydrogen-bond donors (Lipinski definition) is 1. The van der Waals surface area contributed by atoms with Crippen LogP contribution in [0.1, 0.15) is 49.3 Å². The van der Waals surface area contributed by atoms with E-state index in [2.05, 4.69) is 5.32 Å². The van der Waals surface area contributed by atoms with Crippen LogP contribution in [0.5, 0.6) is 0 Å². The molecular formula is C31H35ClFN3O4S. The fourth-order valence-corrected chi connectivity index (χ4v) is 6.62. The van der Waals surface area contributed by atoms with E-state index >= 15 is 0 Å². The molecule has 0 saturated heterocycles. The van der Waals surface area contributed by atoms with Crippen LogP contribution in [0, 0.1) is 19.7 Å². The van der Waals surface area contributed by atoms with E-state index in [-0.39, 0.29) is 29.1 Å². The van der Waals surface area contributed by atoms with E-state index in [4.69, 9.17) is 11.6 Å². The summed E-state index contributed by atoms with van der Waals surface area (Å²) in [6, 6.07) is 16.0. The van der Waals surface area contributed by atoms with Crippen LogP contribution in [-0.2, 0) is 26.2 Å². The summed E-state index contributed by atoms with van der Waals surface area (Å²) in [4.78, 5) is 28.7. The van der Waals surface area contributed by atoms with Crippen LogP contribution in [0.3, 0.4) is 0 Å². The molecule has 1 atom stereocenters. The minimum absolute atomic E-state index is 0.00862. The summed E-state index contributed by atoms with van der Waals surface area (Å²) in [7, 11) is -4.20. The lowest BCUT2D eigenvalue weighted by Crippen LogP contribution is -2.52. The number of halogens is 2. The van der Waals surface area contributed by atoms with Crippen LogP contribution < -0.4 is 9.62 Å². The molecule has 0 aromatic heterocycles. The van der Waals surface area contributed by atoms with E-state index in [1.54, 1.807) is 56.3 Å². The van der Waals surface area contributed by atoms with E-state index < -0.39 is 34.3 Å². The topological polar surface area (TPSA) is 86.8 Å². The monoisotopic (exact) mass is 599 g/mol. The molecule has 1 saturated carbocycles. The molecule has 3 aromatic rings. The molecule has 10 heteroatoms.